The number of ether oxygens (including phenoxy) is 2. The molecule has 0 bridgehead atoms. The third kappa shape index (κ3) is 3.46. The van der Waals surface area contributed by atoms with Crippen LogP contribution in [0.15, 0.2) is 0 Å². The topological polar surface area (TPSA) is 47.6 Å². The van der Waals surface area contributed by atoms with Crippen LogP contribution in [-0.2, 0) is 14.3 Å². The molecule has 0 unspecified atom stereocenters. The van der Waals surface area contributed by atoms with Crippen LogP contribution in [0.5, 0.6) is 0 Å². The van der Waals surface area contributed by atoms with Gasteiger partial charge in [-0.3, -0.25) is 4.79 Å². The molecule has 0 aromatic rings. The van der Waals surface area contributed by atoms with Gasteiger partial charge >= 0.3 is 5.97 Å². The van der Waals surface area contributed by atoms with Gasteiger partial charge in [0.05, 0.1) is 5.41 Å². The zero-order valence-electron chi connectivity index (χ0n) is 10.8. The molecule has 1 fully saturated rings. The lowest BCUT2D eigenvalue weighted by Crippen LogP contribution is -2.47. The monoisotopic (exact) mass is 229 g/mol. The molecule has 0 aromatic heterocycles. The van der Waals surface area contributed by atoms with Crippen molar-refractivity contribution in [2.45, 2.75) is 39.2 Å². The van der Waals surface area contributed by atoms with Crippen molar-refractivity contribution in [2.24, 2.45) is 5.41 Å². The van der Waals surface area contributed by atoms with Crippen LogP contribution < -0.4 is 5.32 Å². The third-order valence-corrected chi connectivity index (χ3v) is 3.03. The smallest absolute Gasteiger partial charge is 0.311 e. The van der Waals surface area contributed by atoms with E-state index in [2.05, 4.69) is 5.32 Å². The van der Waals surface area contributed by atoms with Gasteiger partial charge in [0.25, 0.3) is 0 Å². The predicted molar refractivity (Wildman–Crippen MR) is 62.3 cm³/mol. The Morgan fingerprint density at radius 1 is 1.31 bits per heavy atom. The highest BCUT2D eigenvalue weighted by molar-refractivity contribution is 5.75. The number of nitrogens with one attached hydrogen (secondary N) is 1. The van der Waals surface area contributed by atoms with Crippen LogP contribution >= 0.6 is 0 Å². The van der Waals surface area contributed by atoms with Gasteiger partial charge in [0.1, 0.15) is 12.2 Å². The van der Waals surface area contributed by atoms with E-state index in [-0.39, 0.29) is 11.6 Å². The van der Waals surface area contributed by atoms with Gasteiger partial charge in [-0.05, 0) is 46.7 Å². The Labute approximate surface area is 97.7 Å². The lowest BCUT2D eigenvalue weighted by atomic mass is 9.92. The van der Waals surface area contributed by atoms with Gasteiger partial charge in [-0.25, -0.2) is 0 Å². The fourth-order valence-electron chi connectivity index (χ4n) is 1.70. The lowest BCUT2D eigenvalue weighted by molar-refractivity contribution is -0.164. The van der Waals surface area contributed by atoms with E-state index < -0.39 is 5.41 Å². The zero-order chi connectivity index (χ0) is 12.2. The van der Waals surface area contributed by atoms with Crippen molar-refractivity contribution in [2.75, 3.05) is 26.8 Å². The fourth-order valence-corrected chi connectivity index (χ4v) is 1.70. The number of hydrogen-bond acceptors (Lipinski definition) is 4. The lowest BCUT2D eigenvalue weighted by Gasteiger charge is -2.36. The number of rotatable bonds is 3. The van der Waals surface area contributed by atoms with Gasteiger partial charge in [0.2, 0.25) is 0 Å². The highest BCUT2D eigenvalue weighted by Gasteiger charge is 2.35. The van der Waals surface area contributed by atoms with Crippen molar-refractivity contribution in [1.82, 2.24) is 5.32 Å². The second-order valence-corrected chi connectivity index (χ2v) is 5.46. The molecule has 0 radical (unpaired) electrons. The first-order chi connectivity index (χ1) is 7.40. The average molecular weight is 229 g/mol. The van der Waals surface area contributed by atoms with Gasteiger partial charge in [-0.1, -0.05) is 0 Å². The van der Waals surface area contributed by atoms with E-state index in [1.165, 1.54) is 0 Å². The minimum absolute atomic E-state index is 0.164. The van der Waals surface area contributed by atoms with Gasteiger partial charge in [0.15, 0.2) is 0 Å². The zero-order valence-corrected chi connectivity index (χ0v) is 10.8. The van der Waals surface area contributed by atoms with E-state index >= 15 is 0 Å². The van der Waals surface area contributed by atoms with Crippen LogP contribution in [0.1, 0.15) is 33.6 Å². The molecule has 1 N–H and O–H groups in total. The molecule has 16 heavy (non-hydrogen) atoms. The molecule has 0 aromatic carbocycles. The van der Waals surface area contributed by atoms with Crippen molar-refractivity contribution >= 4 is 5.97 Å². The van der Waals surface area contributed by atoms with Crippen LogP contribution in [0.4, 0.5) is 0 Å². The molecule has 1 rings (SSSR count). The minimum atomic E-state index is -0.443. The molecular weight excluding hydrogens is 206 g/mol. The maximum absolute atomic E-state index is 11.7. The number of piperidine rings is 1. The Balaban J connectivity index is 2.48. The van der Waals surface area contributed by atoms with E-state index in [4.69, 9.17) is 9.47 Å². The Morgan fingerprint density at radius 3 is 2.31 bits per heavy atom. The summed E-state index contributed by atoms with van der Waals surface area (Å²) in [4.78, 5) is 11.7. The van der Waals surface area contributed by atoms with E-state index in [0.29, 0.717) is 6.61 Å². The molecule has 94 valence electrons. The number of carbonyl (C=O) groups is 1. The summed E-state index contributed by atoms with van der Waals surface area (Å²) in [6.07, 6.45) is 1.78. The molecule has 4 nitrogen and oxygen atoms in total. The van der Waals surface area contributed by atoms with E-state index in [0.717, 1.165) is 25.9 Å². The highest BCUT2D eigenvalue weighted by atomic mass is 16.6. The van der Waals surface area contributed by atoms with Crippen LogP contribution in [0.25, 0.3) is 0 Å². The van der Waals surface area contributed by atoms with Crippen LogP contribution in [-0.4, -0.2) is 38.4 Å². The number of methoxy groups -OCH3 is 1. The van der Waals surface area contributed by atoms with Crippen LogP contribution in [0, 0.1) is 5.41 Å². The summed E-state index contributed by atoms with van der Waals surface area (Å²) in [6, 6.07) is 0. The molecule has 1 saturated heterocycles. The molecule has 0 saturated carbocycles. The summed E-state index contributed by atoms with van der Waals surface area (Å²) in [5.41, 5.74) is -0.728. The van der Waals surface area contributed by atoms with Crippen LogP contribution in [0.2, 0.25) is 0 Å². The molecule has 0 amide bonds. The molecule has 0 aliphatic carbocycles. The molecule has 0 atom stereocenters. The molecular formula is C12H23NO3. The van der Waals surface area contributed by atoms with Crippen molar-refractivity contribution in [3.8, 4) is 0 Å². The second kappa shape index (κ2) is 5.15. The maximum atomic E-state index is 11.7. The first-order valence-corrected chi connectivity index (χ1v) is 5.83. The average Bonchev–Trinajstić information content (AvgIpc) is 2.26. The minimum Gasteiger partial charge on any atom is -0.462 e. The van der Waals surface area contributed by atoms with Gasteiger partial charge < -0.3 is 14.8 Å². The summed E-state index contributed by atoms with van der Waals surface area (Å²) in [6.45, 7) is 7.77. The Morgan fingerprint density at radius 2 is 1.88 bits per heavy atom. The van der Waals surface area contributed by atoms with Crippen molar-refractivity contribution < 1.29 is 14.3 Å². The summed E-state index contributed by atoms with van der Waals surface area (Å²) in [5, 5.41) is 3.27. The quantitative estimate of drug-likeness (QED) is 0.742. The normalized spacial score (nSPS) is 20.5. The summed E-state index contributed by atoms with van der Waals surface area (Å²) >= 11 is 0. The maximum Gasteiger partial charge on any atom is 0.311 e. The Hall–Kier alpha value is -0.610. The molecule has 1 aliphatic rings. The van der Waals surface area contributed by atoms with E-state index in [1.807, 2.05) is 20.8 Å². The van der Waals surface area contributed by atoms with Crippen LogP contribution in [0.3, 0.4) is 0 Å². The number of hydrogen-bond donors (Lipinski definition) is 1. The third-order valence-electron chi connectivity index (χ3n) is 3.03. The highest BCUT2D eigenvalue weighted by Crippen LogP contribution is 2.24. The van der Waals surface area contributed by atoms with E-state index in [1.54, 1.807) is 7.11 Å². The number of esters is 1. The largest absolute Gasteiger partial charge is 0.462 e. The molecule has 4 heteroatoms. The van der Waals surface area contributed by atoms with Crippen molar-refractivity contribution in [3.63, 3.8) is 0 Å². The fraction of sp³-hybridized carbons (Fsp3) is 0.917. The van der Waals surface area contributed by atoms with Crippen molar-refractivity contribution in [3.05, 3.63) is 0 Å². The standard InChI is InChI=1S/C12H23NO3/c1-11(2,3)10(14)16-9-12(15-4)5-7-13-8-6-12/h13H,5-9H2,1-4H3. The van der Waals surface area contributed by atoms with E-state index in [9.17, 15) is 4.79 Å². The Kier molecular flexibility index (Phi) is 4.33. The van der Waals surface area contributed by atoms with Gasteiger partial charge in [-0.2, -0.15) is 0 Å². The first-order valence-electron chi connectivity index (χ1n) is 5.83. The number of carbonyl (C=O) groups excluding carboxylic acids is 1. The van der Waals surface area contributed by atoms with Gasteiger partial charge in [0, 0.05) is 7.11 Å². The first kappa shape index (κ1) is 13.5. The predicted octanol–water partition coefficient (Wildman–Crippen LogP) is 1.34. The summed E-state index contributed by atoms with van der Waals surface area (Å²) < 4.78 is 10.9. The summed E-state index contributed by atoms with van der Waals surface area (Å²) in [7, 11) is 1.69. The van der Waals surface area contributed by atoms with Crippen molar-refractivity contribution in [1.29, 1.82) is 0 Å². The van der Waals surface area contributed by atoms with Gasteiger partial charge in [-0.15, -0.1) is 0 Å². The second-order valence-electron chi connectivity index (χ2n) is 5.46. The Bertz CT molecular complexity index is 239. The molecule has 1 heterocycles. The molecule has 1 aliphatic heterocycles. The summed E-state index contributed by atoms with van der Waals surface area (Å²) in [5.74, 6) is -0.164. The SMILES string of the molecule is COC1(COC(=O)C(C)(C)C)CCNCC1. The molecule has 0 spiro atoms.